The first-order chi connectivity index (χ1) is 17.0. The fourth-order valence-corrected chi connectivity index (χ4v) is 4.62. The van der Waals surface area contributed by atoms with E-state index < -0.39 is 5.25 Å². The van der Waals surface area contributed by atoms with Crippen molar-refractivity contribution in [3.63, 3.8) is 0 Å². The second-order valence-corrected chi connectivity index (χ2v) is 9.47. The molecular formula is C28H22ClN3O2S. The Bertz CT molecular complexity index is 1390. The number of rotatable bonds is 7. The third-order valence-corrected chi connectivity index (χ3v) is 6.64. The predicted octanol–water partition coefficient (Wildman–Crippen LogP) is 7.07. The maximum absolute atomic E-state index is 12.9. The molecule has 1 amide bonds. The molecule has 0 bridgehead atoms. The van der Waals surface area contributed by atoms with Crippen molar-refractivity contribution in [2.45, 2.75) is 17.2 Å². The topological polar surface area (TPSA) is 75.0 Å². The number of nitriles is 1. The lowest BCUT2D eigenvalue weighted by Gasteiger charge is -2.16. The summed E-state index contributed by atoms with van der Waals surface area (Å²) in [6.07, 6.45) is 0. The fraction of sp³-hybridized carbons (Fsp3) is 0.107. The van der Waals surface area contributed by atoms with E-state index in [1.54, 1.807) is 38.3 Å². The Kier molecular flexibility index (Phi) is 7.71. The fourth-order valence-electron chi connectivity index (χ4n) is 3.50. The molecule has 0 radical (unpaired) electrons. The van der Waals surface area contributed by atoms with Gasteiger partial charge in [0.2, 0.25) is 5.91 Å². The number of carbonyl (C=O) groups excluding carboxylic acids is 1. The van der Waals surface area contributed by atoms with E-state index in [1.165, 1.54) is 11.8 Å². The van der Waals surface area contributed by atoms with Crippen molar-refractivity contribution in [2.75, 3.05) is 12.4 Å². The van der Waals surface area contributed by atoms with E-state index in [0.717, 1.165) is 28.1 Å². The lowest BCUT2D eigenvalue weighted by Crippen LogP contribution is -2.22. The first-order valence-corrected chi connectivity index (χ1v) is 12.1. The van der Waals surface area contributed by atoms with Crippen LogP contribution in [-0.2, 0) is 4.79 Å². The Hall–Kier alpha value is -3.79. The number of benzene rings is 3. The summed E-state index contributed by atoms with van der Waals surface area (Å²) in [6, 6.07) is 28.5. The van der Waals surface area contributed by atoms with Crippen molar-refractivity contribution >= 4 is 35.0 Å². The SMILES string of the molecule is COc1ccc(-c2cc(-c3ccccc3)nc(SC(C)C(=O)Nc3cccc(Cl)c3)c2C#N)cc1. The molecule has 5 nitrogen and oxygen atoms in total. The monoisotopic (exact) mass is 499 g/mol. The molecule has 0 saturated carbocycles. The molecule has 174 valence electrons. The van der Waals surface area contributed by atoms with Crippen molar-refractivity contribution < 1.29 is 9.53 Å². The summed E-state index contributed by atoms with van der Waals surface area (Å²) in [5.74, 6) is 0.518. The van der Waals surface area contributed by atoms with Crippen LogP contribution in [0.3, 0.4) is 0 Å². The van der Waals surface area contributed by atoms with Crippen LogP contribution in [0.4, 0.5) is 5.69 Å². The lowest BCUT2D eigenvalue weighted by molar-refractivity contribution is -0.115. The van der Waals surface area contributed by atoms with Gasteiger partial charge in [-0.25, -0.2) is 4.98 Å². The van der Waals surface area contributed by atoms with E-state index in [9.17, 15) is 10.1 Å². The summed E-state index contributed by atoms with van der Waals surface area (Å²) in [5.41, 5.74) is 4.28. The highest BCUT2D eigenvalue weighted by molar-refractivity contribution is 8.00. The highest BCUT2D eigenvalue weighted by Gasteiger charge is 2.21. The Labute approximate surface area is 213 Å². The number of hydrogen-bond donors (Lipinski definition) is 1. The lowest BCUT2D eigenvalue weighted by atomic mass is 9.99. The summed E-state index contributed by atoms with van der Waals surface area (Å²) in [5, 5.41) is 13.5. The molecule has 0 aliphatic carbocycles. The highest BCUT2D eigenvalue weighted by Crippen LogP contribution is 2.36. The second-order valence-electron chi connectivity index (χ2n) is 7.70. The molecule has 4 aromatic rings. The van der Waals surface area contributed by atoms with Crippen LogP contribution >= 0.6 is 23.4 Å². The average Bonchev–Trinajstić information content (AvgIpc) is 2.88. The molecule has 35 heavy (non-hydrogen) atoms. The molecule has 4 rings (SSSR count). The van der Waals surface area contributed by atoms with E-state index in [2.05, 4.69) is 11.4 Å². The molecular weight excluding hydrogens is 478 g/mol. The molecule has 0 aliphatic rings. The van der Waals surface area contributed by atoms with E-state index in [-0.39, 0.29) is 5.91 Å². The maximum atomic E-state index is 12.9. The number of nitrogens with zero attached hydrogens (tertiary/aromatic N) is 2. The zero-order valence-corrected chi connectivity index (χ0v) is 20.7. The zero-order valence-electron chi connectivity index (χ0n) is 19.2. The van der Waals surface area contributed by atoms with Crippen LogP contribution in [0.2, 0.25) is 5.02 Å². The maximum Gasteiger partial charge on any atom is 0.237 e. The summed E-state index contributed by atoms with van der Waals surface area (Å²) in [4.78, 5) is 17.7. The standard InChI is InChI=1S/C28H22ClN3O2S/c1-18(27(33)31-22-10-6-9-21(29)15-22)35-28-25(17-30)24(19-11-13-23(34-2)14-12-19)16-26(32-28)20-7-4-3-5-8-20/h3-16,18H,1-2H3,(H,31,33). The summed E-state index contributed by atoms with van der Waals surface area (Å²) < 4.78 is 5.28. The van der Waals surface area contributed by atoms with Crippen LogP contribution in [0.25, 0.3) is 22.4 Å². The van der Waals surface area contributed by atoms with Crippen molar-refractivity contribution in [3.8, 4) is 34.2 Å². The van der Waals surface area contributed by atoms with Gasteiger partial charge in [-0.05, 0) is 48.9 Å². The van der Waals surface area contributed by atoms with Crippen LogP contribution in [0, 0.1) is 11.3 Å². The third kappa shape index (κ3) is 5.83. The highest BCUT2D eigenvalue weighted by atomic mass is 35.5. The number of carbonyl (C=O) groups is 1. The molecule has 1 aromatic heterocycles. The number of nitrogens with one attached hydrogen (secondary N) is 1. The van der Waals surface area contributed by atoms with Gasteiger partial charge in [-0.2, -0.15) is 5.26 Å². The van der Waals surface area contributed by atoms with Crippen LogP contribution in [0.15, 0.2) is 90.0 Å². The molecule has 0 saturated heterocycles. The number of hydrogen-bond acceptors (Lipinski definition) is 5. The zero-order chi connectivity index (χ0) is 24.8. The third-order valence-electron chi connectivity index (χ3n) is 5.32. The van der Waals surface area contributed by atoms with Crippen molar-refractivity contribution in [1.29, 1.82) is 5.26 Å². The van der Waals surface area contributed by atoms with Gasteiger partial charge in [0, 0.05) is 21.8 Å². The number of halogens is 1. The Balaban J connectivity index is 1.73. The van der Waals surface area contributed by atoms with Gasteiger partial charge in [0.05, 0.1) is 23.6 Å². The molecule has 1 heterocycles. The normalized spacial score (nSPS) is 11.4. The van der Waals surface area contributed by atoms with Crippen LogP contribution < -0.4 is 10.1 Å². The van der Waals surface area contributed by atoms with Gasteiger partial charge < -0.3 is 10.1 Å². The number of ether oxygens (including phenoxy) is 1. The van der Waals surface area contributed by atoms with Crippen LogP contribution in [0.5, 0.6) is 5.75 Å². The summed E-state index contributed by atoms with van der Waals surface area (Å²) in [6.45, 7) is 1.79. The molecule has 7 heteroatoms. The molecule has 0 fully saturated rings. The number of pyridine rings is 1. The van der Waals surface area contributed by atoms with Crippen molar-refractivity contribution in [2.24, 2.45) is 0 Å². The van der Waals surface area contributed by atoms with E-state index in [0.29, 0.717) is 21.3 Å². The average molecular weight is 500 g/mol. The van der Waals surface area contributed by atoms with E-state index >= 15 is 0 Å². The Morgan fingerprint density at radius 3 is 2.43 bits per heavy atom. The van der Waals surface area contributed by atoms with E-state index in [4.69, 9.17) is 21.3 Å². The molecule has 1 N–H and O–H groups in total. The first kappa shape index (κ1) is 24.3. The largest absolute Gasteiger partial charge is 0.497 e. The number of methoxy groups -OCH3 is 1. The van der Waals surface area contributed by atoms with Gasteiger partial charge in [0.1, 0.15) is 16.8 Å². The van der Waals surface area contributed by atoms with Crippen LogP contribution in [-0.4, -0.2) is 23.3 Å². The Morgan fingerprint density at radius 1 is 1.03 bits per heavy atom. The predicted molar refractivity (Wildman–Crippen MR) is 142 cm³/mol. The molecule has 0 spiro atoms. The minimum atomic E-state index is -0.511. The van der Waals surface area contributed by atoms with Gasteiger partial charge in [-0.3, -0.25) is 4.79 Å². The van der Waals surface area contributed by atoms with Gasteiger partial charge in [0.25, 0.3) is 0 Å². The van der Waals surface area contributed by atoms with Crippen LogP contribution in [0.1, 0.15) is 12.5 Å². The molecule has 1 atom stereocenters. The minimum absolute atomic E-state index is 0.209. The molecule has 0 aliphatic heterocycles. The van der Waals surface area contributed by atoms with Gasteiger partial charge in [0.15, 0.2) is 0 Å². The first-order valence-electron chi connectivity index (χ1n) is 10.9. The summed E-state index contributed by atoms with van der Waals surface area (Å²) in [7, 11) is 1.61. The molecule has 3 aromatic carbocycles. The number of anilines is 1. The number of thioether (sulfide) groups is 1. The van der Waals surface area contributed by atoms with Gasteiger partial charge in [-0.15, -0.1) is 0 Å². The minimum Gasteiger partial charge on any atom is -0.497 e. The number of amides is 1. The van der Waals surface area contributed by atoms with Crippen molar-refractivity contribution in [1.82, 2.24) is 4.98 Å². The number of aromatic nitrogens is 1. The summed E-state index contributed by atoms with van der Waals surface area (Å²) >= 11 is 7.29. The van der Waals surface area contributed by atoms with Crippen molar-refractivity contribution in [3.05, 3.63) is 95.5 Å². The Morgan fingerprint density at radius 2 is 1.77 bits per heavy atom. The van der Waals surface area contributed by atoms with Gasteiger partial charge in [-0.1, -0.05) is 71.9 Å². The molecule has 1 unspecified atom stereocenters. The smallest absolute Gasteiger partial charge is 0.237 e. The van der Waals surface area contributed by atoms with E-state index in [1.807, 2.05) is 60.7 Å². The quantitative estimate of drug-likeness (QED) is 0.275. The second kappa shape index (κ2) is 11.1. The van der Waals surface area contributed by atoms with Gasteiger partial charge >= 0.3 is 0 Å².